The van der Waals surface area contributed by atoms with E-state index in [1.54, 1.807) is 31.3 Å². The summed E-state index contributed by atoms with van der Waals surface area (Å²) in [6.45, 7) is 9.25. The average molecular weight is 783 g/mol. The monoisotopic (exact) mass is 782 g/mol. The molecule has 0 bridgehead atoms. The summed E-state index contributed by atoms with van der Waals surface area (Å²) in [4.78, 5) is 19.1. The number of carbonyl (C=O) groups excluding carboxylic acids is 1. The van der Waals surface area contributed by atoms with Crippen LogP contribution in [0, 0.1) is 18.3 Å². The summed E-state index contributed by atoms with van der Waals surface area (Å²) in [5, 5.41) is 32.9. The quantitative estimate of drug-likeness (QED) is 0.0763. The molecule has 2 heterocycles. The molecule has 2 aliphatic rings. The molecule has 1 aliphatic carbocycles. The largest absolute Gasteiger partial charge is 0.493 e. The molecule has 1 aromatic heterocycles. The van der Waals surface area contributed by atoms with Crippen molar-refractivity contribution in [3.8, 4) is 34.4 Å². The number of hydrogen-bond acceptors (Lipinski definition) is 11. The van der Waals surface area contributed by atoms with Gasteiger partial charge < -0.3 is 34.1 Å². The highest BCUT2D eigenvalue weighted by atomic mass is 35.5. The fourth-order valence-electron chi connectivity index (χ4n) is 7.45. The minimum absolute atomic E-state index is 0.121. The Morgan fingerprint density at radius 1 is 1.05 bits per heavy atom. The van der Waals surface area contributed by atoms with E-state index in [9.17, 15) is 20.3 Å². The highest BCUT2D eigenvalue weighted by Crippen LogP contribution is 2.44. The second-order valence-electron chi connectivity index (χ2n) is 14.4. The highest BCUT2D eigenvalue weighted by Gasteiger charge is 2.29. The number of nitrogens with zero attached hydrogens (tertiary/aromatic N) is 3. The molecule has 3 aromatic carbocycles. The number of carbonyl (C=O) groups is 1. The standard InChI is InChI=1S/C44H51ClN4O7/c1-4-53-44(52)43(29(3)50)48-26-32-21-38(45)42(22-41(32)55-27-31-20-30(23-46)24-47-25-31)56-40-13-12-36-35(9-5-10-37(36)40)34-8-6-11-39(28(34)2)54-19-7-16-49-17-14-33(51)15-18-49/h5-6,8-11,20-22,24-25,29,33,40,43,48,50-51H,4,7,12-19,26-27H2,1-3H3/t29-,40+,43+/m1/s1. The lowest BCUT2D eigenvalue weighted by atomic mass is 9.93. The molecule has 0 unspecified atom stereocenters. The Hall–Kier alpha value is -4.70. The number of aliphatic hydroxyl groups is 2. The average Bonchev–Trinajstić information content (AvgIpc) is 3.61. The van der Waals surface area contributed by atoms with Gasteiger partial charge in [-0.15, -0.1) is 0 Å². The van der Waals surface area contributed by atoms with Crippen molar-refractivity contribution in [3.05, 3.63) is 105 Å². The summed E-state index contributed by atoms with van der Waals surface area (Å²) < 4.78 is 24.4. The van der Waals surface area contributed by atoms with Crippen LogP contribution in [0.1, 0.15) is 79.0 Å². The molecule has 4 aromatic rings. The predicted molar refractivity (Wildman–Crippen MR) is 214 cm³/mol. The number of aliphatic hydroxyl groups excluding tert-OH is 2. The molecule has 11 nitrogen and oxygen atoms in total. The first-order valence-electron chi connectivity index (χ1n) is 19.4. The fraction of sp³-hybridized carbons (Fsp3) is 0.432. The third-order valence-electron chi connectivity index (χ3n) is 10.5. The van der Waals surface area contributed by atoms with E-state index in [4.69, 9.17) is 30.5 Å². The molecule has 56 heavy (non-hydrogen) atoms. The van der Waals surface area contributed by atoms with Gasteiger partial charge in [0.25, 0.3) is 0 Å². The number of fused-ring (bicyclic) bond motifs is 1. The van der Waals surface area contributed by atoms with Gasteiger partial charge in [-0.05, 0) is 98.9 Å². The first kappa shape index (κ1) is 40.9. The number of hydrogen-bond donors (Lipinski definition) is 3. The maximum atomic E-state index is 12.6. The van der Waals surface area contributed by atoms with Crippen molar-refractivity contribution in [2.75, 3.05) is 32.8 Å². The Morgan fingerprint density at radius 2 is 1.84 bits per heavy atom. The van der Waals surface area contributed by atoms with Gasteiger partial charge in [0.15, 0.2) is 0 Å². The van der Waals surface area contributed by atoms with Gasteiger partial charge in [0.2, 0.25) is 0 Å². The van der Waals surface area contributed by atoms with Gasteiger partial charge in [0.05, 0.1) is 36.0 Å². The molecular formula is C44H51ClN4O7. The van der Waals surface area contributed by atoms with Gasteiger partial charge >= 0.3 is 5.97 Å². The number of likely N-dealkylation sites (tertiary alicyclic amines) is 1. The molecule has 296 valence electrons. The first-order chi connectivity index (χ1) is 27.1. The number of pyridine rings is 1. The van der Waals surface area contributed by atoms with Gasteiger partial charge in [0, 0.05) is 55.8 Å². The maximum absolute atomic E-state index is 12.6. The normalized spacial score (nSPS) is 16.8. The van der Waals surface area contributed by atoms with E-state index >= 15 is 0 Å². The lowest BCUT2D eigenvalue weighted by molar-refractivity contribution is -0.148. The third kappa shape index (κ3) is 10.2. The number of aromatic nitrogens is 1. The van der Waals surface area contributed by atoms with Crippen LogP contribution in [0.2, 0.25) is 5.02 Å². The summed E-state index contributed by atoms with van der Waals surface area (Å²) in [5.41, 5.74) is 7.46. The summed E-state index contributed by atoms with van der Waals surface area (Å²) in [7, 11) is 0. The minimum Gasteiger partial charge on any atom is -0.493 e. The van der Waals surface area contributed by atoms with E-state index in [0.29, 0.717) is 39.8 Å². The second kappa shape index (κ2) is 19.4. The number of ether oxygens (including phenoxy) is 4. The number of nitriles is 1. The molecular weight excluding hydrogens is 732 g/mol. The number of piperidine rings is 1. The Kier molecular flexibility index (Phi) is 14.2. The summed E-state index contributed by atoms with van der Waals surface area (Å²) in [6, 6.07) is 18.9. The molecule has 1 aliphatic heterocycles. The van der Waals surface area contributed by atoms with E-state index in [-0.39, 0.29) is 32.0 Å². The third-order valence-corrected chi connectivity index (χ3v) is 10.8. The van der Waals surface area contributed by atoms with Crippen LogP contribution < -0.4 is 19.5 Å². The Labute approximate surface area is 334 Å². The number of esters is 1. The molecule has 0 amide bonds. The molecule has 1 saturated heterocycles. The van der Waals surface area contributed by atoms with Crippen LogP contribution in [0.4, 0.5) is 0 Å². The van der Waals surface area contributed by atoms with E-state index in [1.165, 1.54) is 18.7 Å². The van der Waals surface area contributed by atoms with Crippen molar-refractivity contribution < 1.29 is 34.0 Å². The molecule has 1 fully saturated rings. The lowest BCUT2D eigenvalue weighted by Crippen LogP contribution is -2.45. The Balaban J connectivity index is 1.19. The SMILES string of the molecule is CCOC(=O)[C@@H](NCc1cc(Cl)c(O[C@H]2CCc3c(-c4cccc(OCCCN5CCC(O)CC5)c4C)cccc32)cc1OCc1cncc(C#N)c1)[C@@H](C)O. The van der Waals surface area contributed by atoms with Crippen molar-refractivity contribution in [2.45, 2.75) is 90.4 Å². The number of benzene rings is 3. The van der Waals surface area contributed by atoms with Crippen molar-refractivity contribution in [1.29, 1.82) is 5.26 Å². The van der Waals surface area contributed by atoms with Crippen LogP contribution in [0.3, 0.4) is 0 Å². The molecule has 0 saturated carbocycles. The molecule has 3 N–H and O–H groups in total. The minimum atomic E-state index is -1.01. The van der Waals surface area contributed by atoms with Gasteiger partial charge in [-0.1, -0.05) is 41.9 Å². The molecule has 0 radical (unpaired) electrons. The Morgan fingerprint density at radius 3 is 2.61 bits per heavy atom. The van der Waals surface area contributed by atoms with Crippen LogP contribution in [0.15, 0.2) is 67.0 Å². The highest BCUT2D eigenvalue weighted by molar-refractivity contribution is 6.32. The molecule has 6 rings (SSSR count). The predicted octanol–water partition coefficient (Wildman–Crippen LogP) is 6.86. The van der Waals surface area contributed by atoms with E-state index in [1.807, 2.05) is 12.1 Å². The van der Waals surface area contributed by atoms with Crippen molar-refractivity contribution in [1.82, 2.24) is 15.2 Å². The van der Waals surface area contributed by atoms with E-state index in [2.05, 4.69) is 52.5 Å². The van der Waals surface area contributed by atoms with Gasteiger partial charge in [0.1, 0.15) is 42.1 Å². The van der Waals surface area contributed by atoms with Crippen molar-refractivity contribution in [2.24, 2.45) is 0 Å². The van der Waals surface area contributed by atoms with Gasteiger partial charge in [-0.2, -0.15) is 5.26 Å². The number of halogens is 1. The van der Waals surface area contributed by atoms with Crippen LogP contribution in [-0.2, 0) is 29.1 Å². The number of nitrogens with one attached hydrogen (secondary N) is 1. The van der Waals surface area contributed by atoms with Crippen LogP contribution in [0.25, 0.3) is 11.1 Å². The second-order valence-corrected chi connectivity index (χ2v) is 14.9. The summed E-state index contributed by atoms with van der Waals surface area (Å²) >= 11 is 6.90. The first-order valence-corrected chi connectivity index (χ1v) is 19.8. The van der Waals surface area contributed by atoms with Crippen molar-refractivity contribution >= 4 is 17.6 Å². The van der Waals surface area contributed by atoms with Crippen molar-refractivity contribution in [3.63, 3.8) is 0 Å². The van der Waals surface area contributed by atoms with Gasteiger partial charge in [-0.25, -0.2) is 0 Å². The van der Waals surface area contributed by atoms with Crippen LogP contribution >= 0.6 is 11.6 Å². The zero-order chi connectivity index (χ0) is 39.6. The summed E-state index contributed by atoms with van der Waals surface area (Å²) in [6.07, 6.45) is 5.88. The number of rotatable bonds is 17. The smallest absolute Gasteiger partial charge is 0.325 e. The van der Waals surface area contributed by atoms with E-state index in [0.717, 1.165) is 79.7 Å². The lowest BCUT2D eigenvalue weighted by Gasteiger charge is -2.29. The maximum Gasteiger partial charge on any atom is 0.325 e. The van der Waals surface area contributed by atoms with E-state index < -0.39 is 18.1 Å². The zero-order valence-electron chi connectivity index (χ0n) is 32.3. The topological polar surface area (TPSA) is 146 Å². The van der Waals surface area contributed by atoms with Gasteiger partial charge in [-0.3, -0.25) is 15.1 Å². The fourth-order valence-corrected chi connectivity index (χ4v) is 7.68. The summed E-state index contributed by atoms with van der Waals surface area (Å²) in [5.74, 6) is 1.23. The zero-order valence-corrected chi connectivity index (χ0v) is 33.1. The molecule has 3 atom stereocenters. The Bertz CT molecular complexity index is 2010. The van der Waals surface area contributed by atoms with Crippen LogP contribution in [-0.4, -0.2) is 77.2 Å². The van der Waals surface area contributed by atoms with Crippen LogP contribution in [0.5, 0.6) is 17.2 Å². The molecule has 0 spiro atoms. The molecule has 12 heteroatoms.